The molecule has 4 amide bonds. The molecule has 0 spiro atoms. The van der Waals surface area contributed by atoms with Gasteiger partial charge < -0.3 is 21.3 Å². The number of nitrogens with zero attached hydrogens (tertiary/aromatic N) is 5. The van der Waals surface area contributed by atoms with E-state index in [1.165, 1.54) is 10.9 Å². The molecule has 0 unspecified atom stereocenters. The maximum atomic E-state index is 13.8. The van der Waals surface area contributed by atoms with E-state index in [0.717, 1.165) is 19.3 Å². The molecule has 12 nitrogen and oxygen atoms in total. The standard InChI is InChI=1S/C28H25ClN8O4/c29-21-4-1-5-22(33-21)34-28(41)25-15-6-8-18(11-15)37(25)23(38)14-36-20-12-17(7-9-19(20)24(35-36)26(30)39)32-27(40)16-3-2-10-31-13-16/h1-5,7,9-10,12-13,15,18,25H,6,8,11,14H2,(H2,30,39)(H,32,40)(H,33,34,41)/t15-,18+,25-/m0/s1. The maximum Gasteiger partial charge on any atom is 0.269 e. The first-order valence-corrected chi connectivity index (χ1v) is 13.4. The summed E-state index contributed by atoms with van der Waals surface area (Å²) in [6.45, 7) is -0.230. The summed E-state index contributed by atoms with van der Waals surface area (Å²) in [4.78, 5) is 61.6. The lowest BCUT2D eigenvalue weighted by Gasteiger charge is -2.34. The third-order valence-corrected chi connectivity index (χ3v) is 7.77. The quantitative estimate of drug-likeness (QED) is 0.286. The molecule has 1 saturated carbocycles. The summed E-state index contributed by atoms with van der Waals surface area (Å²) in [5, 5.41) is 10.6. The number of pyridine rings is 2. The highest BCUT2D eigenvalue weighted by molar-refractivity contribution is 6.29. The summed E-state index contributed by atoms with van der Waals surface area (Å²) in [6.07, 6.45) is 5.38. The highest BCUT2D eigenvalue weighted by Crippen LogP contribution is 2.43. The van der Waals surface area contributed by atoms with Gasteiger partial charge in [0, 0.05) is 29.5 Å². The highest BCUT2D eigenvalue weighted by atomic mass is 35.5. The summed E-state index contributed by atoms with van der Waals surface area (Å²) in [6, 6.07) is 12.3. The lowest BCUT2D eigenvalue weighted by molar-refractivity contribution is -0.141. The molecule has 1 aliphatic carbocycles. The second kappa shape index (κ2) is 10.6. The van der Waals surface area contributed by atoms with Crippen LogP contribution in [0, 0.1) is 5.92 Å². The van der Waals surface area contributed by atoms with Gasteiger partial charge in [0.25, 0.3) is 11.8 Å². The Morgan fingerprint density at radius 2 is 1.90 bits per heavy atom. The number of halogens is 1. The van der Waals surface area contributed by atoms with Gasteiger partial charge in [-0.2, -0.15) is 5.10 Å². The van der Waals surface area contributed by atoms with Crippen molar-refractivity contribution >= 4 is 57.6 Å². The van der Waals surface area contributed by atoms with Crippen molar-refractivity contribution < 1.29 is 19.2 Å². The number of carbonyl (C=O) groups is 4. The van der Waals surface area contributed by atoms with Crippen LogP contribution in [0.4, 0.5) is 11.5 Å². The molecular weight excluding hydrogens is 548 g/mol. The lowest BCUT2D eigenvalue weighted by Crippen LogP contribution is -2.52. The number of benzene rings is 1. The van der Waals surface area contributed by atoms with Gasteiger partial charge in [0.2, 0.25) is 11.8 Å². The summed E-state index contributed by atoms with van der Waals surface area (Å²) in [5.41, 5.74) is 6.82. The average molecular weight is 573 g/mol. The molecule has 3 atom stereocenters. The molecule has 4 heterocycles. The van der Waals surface area contributed by atoms with Gasteiger partial charge in [-0.25, -0.2) is 4.98 Å². The minimum atomic E-state index is -0.750. The number of hydrogen-bond donors (Lipinski definition) is 3. The van der Waals surface area contributed by atoms with E-state index in [1.807, 2.05) is 0 Å². The Kier molecular flexibility index (Phi) is 6.83. The predicted octanol–water partition coefficient (Wildman–Crippen LogP) is 2.85. The number of amides is 4. The Morgan fingerprint density at radius 1 is 1.05 bits per heavy atom. The largest absolute Gasteiger partial charge is 0.364 e. The van der Waals surface area contributed by atoms with Crippen LogP contribution >= 0.6 is 11.6 Å². The topological polar surface area (TPSA) is 165 Å². The SMILES string of the molecule is NC(=O)c1nn(CC(=O)N2[C@@H]3CC[C@@H](C3)[C@H]2C(=O)Nc2cccc(Cl)n2)c2cc(NC(=O)c3cccnc3)ccc12. The number of primary amides is 1. The van der Waals surface area contributed by atoms with Crippen LogP contribution in [-0.2, 0) is 16.1 Å². The predicted molar refractivity (Wildman–Crippen MR) is 150 cm³/mol. The fraction of sp³-hybridized carbons (Fsp3) is 0.250. The van der Waals surface area contributed by atoms with Crippen molar-refractivity contribution in [3.8, 4) is 0 Å². The van der Waals surface area contributed by atoms with Crippen molar-refractivity contribution in [3.63, 3.8) is 0 Å². The number of aromatic nitrogens is 4. The second-order valence-corrected chi connectivity index (χ2v) is 10.5. The first kappa shape index (κ1) is 26.4. The zero-order valence-electron chi connectivity index (χ0n) is 21.7. The van der Waals surface area contributed by atoms with Gasteiger partial charge in [0.05, 0.1) is 11.1 Å². The van der Waals surface area contributed by atoms with Crippen molar-refractivity contribution in [2.75, 3.05) is 10.6 Å². The first-order valence-electron chi connectivity index (χ1n) is 13.0. The van der Waals surface area contributed by atoms with Gasteiger partial charge in [-0.3, -0.25) is 28.8 Å². The zero-order valence-corrected chi connectivity index (χ0v) is 22.4. The van der Waals surface area contributed by atoms with E-state index in [9.17, 15) is 19.2 Å². The van der Waals surface area contributed by atoms with Crippen molar-refractivity contribution in [2.24, 2.45) is 11.7 Å². The molecule has 1 saturated heterocycles. The van der Waals surface area contributed by atoms with Gasteiger partial charge in [-0.05, 0) is 67.6 Å². The van der Waals surface area contributed by atoms with Gasteiger partial charge in [-0.15, -0.1) is 0 Å². The molecule has 2 fully saturated rings. The lowest BCUT2D eigenvalue weighted by atomic mass is 9.97. The molecule has 13 heteroatoms. The van der Waals surface area contributed by atoms with Crippen molar-refractivity contribution in [2.45, 2.75) is 37.9 Å². The Hall–Kier alpha value is -4.84. The van der Waals surface area contributed by atoms with E-state index in [0.29, 0.717) is 28.0 Å². The molecule has 3 aromatic heterocycles. The number of hydrogen-bond acceptors (Lipinski definition) is 7. The fourth-order valence-corrected chi connectivity index (χ4v) is 5.99. The Labute approximate surface area is 238 Å². The van der Waals surface area contributed by atoms with Gasteiger partial charge >= 0.3 is 0 Å². The Bertz CT molecular complexity index is 1690. The van der Waals surface area contributed by atoms with E-state index in [-0.39, 0.29) is 47.1 Å². The van der Waals surface area contributed by atoms with Gasteiger partial charge in [0.15, 0.2) is 5.69 Å². The molecule has 4 N–H and O–H groups in total. The van der Waals surface area contributed by atoms with Crippen molar-refractivity contribution in [1.82, 2.24) is 24.6 Å². The van der Waals surface area contributed by atoms with Crippen LogP contribution < -0.4 is 16.4 Å². The van der Waals surface area contributed by atoms with E-state index in [1.54, 1.807) is 59.6 Å². The molecule has 2 aliphatic rings. The summed E-state index contributed by atoms with van der Waals surface area (Å²) < 4.78 is 1.39. The molecule has 41 heavy (non-hydrogen) atoms. The van der Waals surface area contributed by atoms with Crippen LogP contribution in [0.25, 0.3) is 10.9 Å². The summed E-state index contributed by atoms with van der Waals surface area (Å²) >= 11 is 5.97. The third-order valence-electron chi connectivity index (χ3n) is 7.56. The van der Waals surface area contributed by atoms with Crippen LogP contribution in [0.15, 0.2) is 60.9 Å². The molecular formula is C28H25ClN8O4. The zero-order chi connectivity index (χ0) is 28.7. The number of nitrogens with two attached hydrogens (primary N) is 1. The van der Waals surface area contributed by atoms with Crippen molar-refractivity contribution in [3.05, 3.63) is 77.3 Å². The van der Waals surface area contributed by atoms with Crippen LogP contribution in [-0.4, -0.2) is 60.4 Å². The number of rotatable bonds is 7. The molecule has 0 radical (unpaired) electrons. The minimum Gasteiger partial charge on any atom is -0.364 e. The van der Waals surface area contributed by atoms with E-state index in [4.69, 9.17) is 17.3 Å². The number of fused-ring (bicyclic) bond motifs is 3. The highest BCUT2D eigenvalue weighted by Gasteiger charge is 2.51. The molecule has 1 aliphatic heterocycles. The summed E-state index contributed by atoms with van der Waals surface area (Å²) in [5.74, 6) is -1.44. The van der Waals surface area contributed by atoms with E-state index < -0.39 is 11.9 Å². The Balaban J connectivity index is 1.27. The number of nitrogens with one attached hydrogen (secondary N) is 2. The van der Waals surface area contributed by atoms with Crippen LogP contribution in [0.3, 0.4) is 0 Å². The smallest absolute Gasteiger partial charge is 0.269 e. The second-order valence-electron chi connectivity index (χ2n) is 10.1. The van der Waals surface area contributed by atoms with Gasteiger partial charge in [0.1, 0.15) is 23.6 Å². The number of carbonyl (C=O) groups excluding carboxylic acids is 4. The van der Waals surface area contributed by atoms with Crippen LogP contribution in [0.5, 0.6) is 0 Å². The number of piperidine rings is 1. The monoisotopic (exact) mass is 572 g/mol. The molecule has 208 valence electrons. The third kappa shape index (κ3) is 5.09. The first-order chi connectivity index (χ1) is 19.8. The summed E-state index contributed by atoms with van der Waals surface area (Å²) in [7, 11) is 0. The van der Waals surface area contributed by atoms with Crippen LogP contribution in [0.2, 0.25) is 5.15 Å². The van der Waals surface area contributed by atoms with E-state index >= 15 is 0 Å². The number of anilines is 2. The minimum absolute atomic E-state index is 0.00204. The average Bonchev–Trinajstić information content (AvgIpc) is 3.67. The van der Waals surface area contributed by atoms with E-state index in [2.05, 4.69) is 25.7 Å². The molecule has 4 aromatic rings. The Morgan fingerprint density at radius 3 is 2.66 bits per heavy atom. The van der Waals surface area contributed by atoms with Crippen LogP contribution in [0.1, 0.15) is 40.1 Å². The fourth-order valence-electron chi connectivity index (χ4n) is 5.83. The van der Waals surface area contributed by atoms with Gasteiger partial charge in [-0.1, -0.05) is 17.7 Å². The molecule has 2 bridgehead atoms. The number of likely N-dealkylation sites (tertiary alicyclic amines) is 1. The maximum absolute atomic E-state index is 13.8. The molecule has 6 rings (SSSR count). The van der Waals surface area contributed by atoms with Crippen molar-refractivity contribution in [1.29, 1.82) is 0 Å². The normalized spacial score (nSPS) is 19.3. The molecule has 1 aromatic carbocycles.